The predicted octanol–water partition coefficient (Wildman–Crippen LogP) is 4.80. The van der Waals surface area contributed by atoms with Gasteiger partial charge in [-0.25, -0.2) is 0 Å². The first-order chi connectivity index (χ1) is 19.0. The molecule has 0 saturated carbocycles. The lowest BCUT2D eigenvalue weighted by atomic mass is 9.87. The number of esters is 2. The number of benzene rings is 2. The van der Waals surface area contributed by atoms with Gasteiger partial charge >= 0.3 is 11.9 Å². The van der Waals surface area contributed by atoms with Gasteiger partial charge in [0.25, 0.3) is 0 Å². The van der Waals surface area contributed by atoms with Gasteiger partial charge in [0.15, 0.2) is 6.10 Å². The number of aryl methyl sites for hydroxylation is 1. The maximum absolute atomic E-state index is 12.9. The van der Waals surface area contributed by atoms with Crippen LogP contribution >= 0.6 is 0 Å². The molecule has 3 rings (SSSR count). The topological polar surface area (TPSA) is 106 Å². The van der Waals surface area contributed by atoms with Crippen molar-refractivity contribution in [1.29, 1.82) is 5.26 Å². The second-order valence-corrected chi connectivity index (χ2v) is 11.0. The number of nitriles is 1. The highest BCUT2D eigenvalue weighted by atomic mass is 16.6. The summed E-state index contributed by atoms with van der Waals surface area (Å²) in [5.74, 6) is -0.148. The van der Waals surface area contributed by atoms with Gasteiger partial charge in [0.1, 0.15) is 18.4 Å². The van der Waals surface area contributed by atoms with Crippen LogP contribution < -0.4 is 4.74 Å². The highest BCUT2D eigenvalue weighted by Crippen LogP contribution is 2.34. The summed E-state index contributed by atoms with van der Waals surface area (Å²) in [5.41, 5.74) is 3.38. The van der Waals surface area contributed by atoms with Crippen LogP contribution in [0.1, 0.15) is 69.7 Å². The van der Waals surface area contributed by atoms with E-state index in [1.54, 1.807) is 30.0 Å². The smallest absolute Gasteiger partial charge is 0.306 e. The molecule has 1 amide bonds. The molecule has 0 bridgehead atoms. The normalized spacial score (nSPS) is 13.6. The van der Waals surface area contributed by atoms with Crippen molar-refractivity contribution in [2.45, 2.75) is 78.4 Å². The standard InChI is InChI=1S/C32H40N2O6/c1-6-38-31(37)14-12-24-11-13-28(19-33)30(17-24)39-21-29(40-23(3)36)20-34(22(2)35)32(4,5)18-25-15-26-9-7-8-10-27(26)16-25/h7-11,13,17,25,29H,6,12,14-16,18,20-21H2,1-5H3/t29-/m1/s1. The lowest BCUT2D eigenvalue weighted by Gasteiger charge is -2.41. The van der Waals surface area contributed by atoms with Crippen LogP contribution in [0.25, 0.3) is 0 Å². The molecule has 8 heteroatoms. The fraction of sp³-hybridized carbons (Fsp3) is 0.500. The fourth-order valence-corrected chi connectivity index (χ4v) is 5.57. The van der Waals surface area contributed by atoms with Crippen molar-refractivity contribution in [3.8, 4) is 11.8 Å². The first-order valence-electron chi connectivity index (χ1n) is 13.9. The molecule has 0 radical (unpaired) electrons. The summed E-state index contributed by atoms with van der Waals surface area (Å²) in [6.45, 7) is 9.14. The third-order valence-electron chi connectivity index (χ3n) is 7.27. The zero-order valence-corrected chi connectivity index (χ0v) is 24.2. The van der Waals surface area contributed by atoms with E-state index in [1.165, 1.54) is 25.0 Å². The summed E-state index contributed by atoms with van der Waals surface area (Å²) in [4.78, 5) is 38.4. The largest absolute Gasteiger partial charge is 0.488 e. The van der Waals surface area contributed by atoms with Crippen LogP contribution in [0.4, 0.5) is 0 Å². The Hall–Kier alpha value is -3.86. The van der Waals surface area contributed by atoms with Gasteiger partial charge in [-0.3, -0.25) is 14.4 Å². The molecule has 0 saturated heterocycles. The van der Waals surface area contributed by atoms with Gasteiger partial charge in [0.2, 0.25) is 5.91 Å². The van der Waals surface area contributed by atoms with Crippen LogP contribution in [0, 0.1) is 17.2 Å². The van der Waals surface area contributed by atoms with Crippen molar-refractivity contribution in [3.63, 3.8) is 0 Å². The summed E-state index contributed by atoms with van der Waals surface area (Å²) in [6, 6.07) is 15.7. The van der Waals surface area contributed by atoms with Crippen molar-refractivity contribution in [1.82, 2.24) is 4.90 Å². The van der Waals surface area contributed by atoms with Crippen molar-refractivity contribution >= 4 is 17.8 Å². The van der Waals surface area contributed by atoms with Gasteiger partial charge in [0.05, 0.1) is 18.7 Å². The molecule has 1 aliphatic rings. The third-order valence-corrected chi connectivity index (χ3v) is 7.27. The summed E-state index contributed by atoms with van der Waals surface area (Å²) >= 11 is 0. The minimum absolute atomic E-state index is 0.0374. The number of nitrogens with zero attached hydrogens (tertiary/aromatic N) is 2. The predicted molar refractivity (Wildman–Crippen MR) is 151 cm³/mol. The number of amides is 1. The van der Waals surface area contributed by atoms with E-state index in [-0.39, 0.29) is 31.4 Å². The Morgan fingerprint density at radius 3 is 2.35 bits per heavy atom. The van der Waals surface area contributed by atoms with E-state index in [1.807, 2.05) is 13.8 Å². The number of hydrogen-bond donors (Lipinski definition) is 0. The summed E-state index contributed by atoms with van der Waals surface area (Å²) in [6.07, 6.45) is 2.67. The van der Waals surface area contributed by atoms with Gasteiger partial charge in [0, 0.05) is 25.8 Å². The molecule has 2 aromatic carbocycles. The van der Waals surface area contributed by atoms with Crippen molar-refractivity contribution in [3.05, 3.63) is 64.7 Å². The van der Waals surface area contributed by atoms with Gasteiger partial charge in [-0.2, -0.15) is 5.26 Å². The quantitative estimate of drug-likeness (QED) is 0.331. The van der Waals surface area contributed by atoms with Crippen LogP contribution in [0.3, 0.4) is 0 Å². The Morgan fingerprint density at radius 1 is 1.10 bits per heavy atom. The molecule has 0 aliphatic heterocycles. The number of fused-ring (bicyclic) bond motifs is 1. The summed E-state index contributed by atoms with van der Waals surface area (Å²) in [7, 11) is 0. The number of carbonyl (C=O) groups excluding carboxylic acids is 3. The van der Waals surface area contributed by atoms with E-state index in [0.29, 0.717) is 30.3 Å². The second kappa shape index (κ2) is 14.0. The molecular formula is C32H40N2O6. The SMILES string of the molecule is CCOC(=O)CCc1ccc(C#N)c(OC[C@@H](CN(C(C)=O)C(C)(C)CC2Cc3ccccc3C2)OC(C)=O)c1. The Kier molecular flexibility index (Phi) is 10.7. The molecule has 0 heterocycles. The summed E-state index contributed by atoms with van der Waals surface area (Å²) < 4.78 is 16.6. The third kappa shape index (κ3) is 8.57. The van der Waals surface area contributed by atoms with E-state index in [0.717, 1.165) is 24.8 Å². The second-order valence-electron chi connectivity index (χ2n) is 11.0. The lowest BCUT2D eigenvalue weighted by Crippen LogP contribution is -2.52. The molecule has 1 aliphatic carbocycles. The van der Waals surface area contributed by atoms with Crippen LogP contribution in [-0.2, 0) is 43.1 Å². The fourth-order valence-electron chi connectivity index (χ4n) is 5.57. The Bertz CT molecular complexity index is 1220. The van der Waals surface area contributed by atoms with Crippen molar-refractivity contribution < 1.29 is 28.6 Å². The average molecular weight is 549 g/mol. The Morgan fingerprint density at radius 2 is 1.77 bits per heavy atom. The van der Waals surface area contributed by atoms with E-state index < -0.39 is 17.6 Å². The molecule has 1 atom stereocenters. The monoisotopic (exact) mass is 548 g/mol. The van der Waals surface area contributed by atoms with Crippen LogP contribution in [0.5, 0.6) is 5.75 Å². The van der Waals surface area contributed by atoms with Gasteiger partial charge in [-0.15, -0.1) is 0 Å². The molecule has 0 unspecified atom stereocenters. The molecular weight excluding hydrogens is 508 g/mol. The van der Waals surface area contributed by atoms with E-state index in [2.05, 4.69) is 30.3 Å². The lowest BCUT2D eigenvalue weighted by molar-refractivity contribution is -0.153. The van der Waals surface area contributed by atoms with E-state index in [9.17, 15) is 19.6 Å². The Balaban J connectivity index is 1.70. The molecule has 2 aromatic rings. The summed E-state index contributed by atoms with van der Waals surface area (Å²) in [5, 5.41) is 9.59. The maximum Gasteiger partial charge on any atom is 0.306 e. The molecule has 0 N–H and O–H groups in total. The van der Waals surface area contributed by atoms with Gasteiger partial charge in [-0.05, 0) is 81.2 Å². The zero-order chi connectivity index (χ0) is 29.3. The molecule has 0 aromatic heterocycles. The van der Waals surface area contributed by atoms with Gasteiger partial charge in [-0.1, -0.05) is 30.3 Å². The number of carbonyl (C=O) groups is 3. The van der Waals surface area contributed by atoms with E-state index in [4.69, 9.17) is 14.2 Å². The molecule has 214 valence electrons. The maximum atomic E-state index is 12.9. The molecule has 40 heavy (non-hydrogen) atoms. The van der Waals surface area contributed by atoms with Crippen LogP contribution in [0.15, 0.2) is 42.5 Å². The molecule has 8 nitrogen and oxygen atoms in total. The number of ether oxygens (including phenoxy) is 3. The molecule has 0 spiro atoms. The first kappa shape index (κ1) is 30.7. The average Bonchev–Trinajstić information content (AvgIpc) is 3.30. The van der Waals surface area contributed by atoms with Crippen molar-refractivity contribution in [2.75, 3.05) is 19.8 Å². The van der Waals surface area contributed by atoms with E-state index >= 15 is 0 Å². The highest BCUT2D eigenvalue weighted by Gasteiger charge is 2.36. The van der Waals surface area contributed by atoms with Crippen molar-refractivity contribution in [2.24, 2.45) is 5.92 Å². The minimum atomic E-state index is -0.740. The first-order valence-corrected chi connectivity index (χ1v) is 13.9. The zero-order valence-electron chi connectivity index (χ0n) is 24.2. The van der Waals surface area contributed by atoms with Gasteiger partial charge < -0.3 is 19.1 Å². The number of hydrogen-bond acceptors (Lipinski definition) is 7. The minimum Gasteiger partial charge on any atom is -0.488 e. The molecule has 0 fully saturated rings. The van der Waals surface area contributed by atoms with Crippen LogP contribution in [-0.4, -0.2) is 54.1 Å². The Labute approximate surface area is 237 Å². The van der Waals surface area contributed by atoms with Crippen LogP contribution in [0.2, 0.25) is 0 Å². The highest BCUT2D eigenvalue weighted by molar-refractivity contribution is 5.74. The number of rotatable bonds is 13.